The van der Waals surface area contributed by atoms with Crippen LogP contribution in [-0.4, -0.2) is 9.78 Å². The highest BCUT2D eigenvalue weighted by Gasteiger charge is 2.00. The van der Waals surface area contributed by atoms with E-state index in [-0.39, 0.29) is 0 Å². The number of rotatable bonds is 1. The minimum atomic E-state index is 0.903. The molecule has 0 radical (unpaired) electrons. The second kappa shape index (κ2) is 2.57. The molecular weight excluding hydrogens is 124 g/mol. The number of aryl methyl sites for hydroxylation is 2. The second-order valence-electron chi connectivity index (χ2n) is 2.16. The van der Waals surface area contributed by atoms with Gasteiger partial charge >= 0.3 is 0 Å². The third kappa shape index (κ3) is 1.03. The van der Waals surface area contributed by atoms with Crippen LogP contribution in [0.2, 0.25) is 0 Å². The summed E-state index contributed by atoms with van der Waals surface area (Å²) in [7, 11) is 1.88. The Hall–Kier alpha value is -1.23. The van der Waals surface area contributed by atoms with Gasteiger partial charge in [-0.05, 0) is 6.42 Å². The lowest BCUT2D eigenvalue weighted by molar-refractivity contribution is 0.746. The first-order valence-corrected chi connectivity index (χ1v) is 3.27. The summed E-state index contributed by atoms with van der Waals surface area (Å²) < 4.78 is 1.74. The van der Waals surface area contributed by atoms with E-state index in [1.807, 2.05) is 20.2 Å². The maximum atomic E-state index is 5.24. The molecule has 0 aliphatic rings. The first-order chi connectivity index (χ1) is 4.77. The van der Waals surface area contributed by atoms with Crippen LogP contribution in [0.4, 0.5) is 0 Å². The topological polar surface area (TPSA) is 17.8 Å². The van der Waals surface area contributed by atoms with Crippen molar-refractivity contribution in [1.29, 1.82) is 0 Å². The third-order valence-corrected chi connectivity index (χ3v) is 1.40. The van der Waals surface area contributed by atoms with Crippen molar-refractivity contribution in [2.24, 2.45) is 7.05 Å². The number of terminal acetylenes is 1. The average molecular weight is 134 g/mol. The van der Waals surface area contributed by atoms with E-state index in [9.17, 15) is 0 Å². The summed E-state index contributed by atoms with van der Waals surface area (Å²) in [5.41, 5.74) is 1.91. The molecule has 0 aliphatic heterocycles. The summed E-state index contributed by atoms with van der Waals surface area (Å²) in [6, 6.07) is 0. The summed E-state index contributed by atoms with van der Waals surface area (Å²) in [5, 5.41) is 4.17. The Morgan fingerprint density at radius 1 is 1.80 bits per heavy atom. The maximum Gasteiger partial charge on any atom is 0.0778 e. The quantitative estimate of drug-likeness (QED) is 0.523. The van der Waals surface area contributed by atoms with Gasteiger partial charge in [0.25, 0.3) is 0 Å². The maximum absolute atomic E-state index is 5.24. The van der Waals surface area contributed by atoms with Crippen LogP contribution in [-0.2, 0) is 13.5 Å². The van der Waals surface area contributed by atoms with E-state index in [2.05, 4.69) is 11.0 Å². The van der Waals surface area contributed by atoms with E-state index in [0.29, 0.717) is 0 Å². The van der Waals surface area contributed by atoms with Crippen molar-refractivity contribution in [1.82, 2.24) is 9.78 Å². The van der Waals surface area contributed by atoms with Gasteiger partial charge in [0.05, 0.1) is 11.3 Å². The van der Waals surface area contributed by atoms with Crippen LogP contribution in [0, 0.1) is 12.3 Å². The molecule has 0 spiro atoms. The second-order valence-corrected chi connectivity index (χ2v) is 2.16. The molecule has 1 aromatic rings. The molecule has 0 amide bonds. The lowest BCUT2D eigenvalue weighted by Gasteiger charge is -1.85. The zero-order chi connectivity index (χ0) is 7.56. The molecule has 1 rings (SSSR count). The smallest absolute Gasteiger partial charge is 0.0778 e. The fourth-order valence-corrected chi connectivity index (χ4v) is 0.916. The Balaban J connectivity index is 3.12. The van der Waals surface area contributed by atoms with Crippen LogP contribution in [0.15, 0.2) is 6.20 Å². The van der Waals surface area contributed by atoms with E-state index in [1.165, 1.54) is 0 Å². The molecule has 0 aliphatic carbocycles. The standard InChI is InChI=1S/C8H10N2/c1-4-7-6-10(3)9-8(7)5-2/h1,6H,5H2,2-3H3. The lowest BCUT2D eigenvalue weighted by atomic mass is 10.2. The third-order valence-electron chi connectivity index (χ3n) is 1.40. The fourth-order valence-electron chi connectivity index (χ4n) is 0.916. The Kier molecular flexibility index (Phi) is 1.77. The molecule has 0 bridgehead atoms. The van der Waals surface area contributed by atoms with Gasteiger partial charge in [0.1, 0.15) is 0 Å². The molecule has 0 aromatic carbocycles. The molecule has 0 saturated carbocycles. The molecule has 2 heteroatoms. The Morgan fingerprint density at radius 2 is 2.50 bits per heavy atom. The van der Waals surface area contributed by atoms with Gasteiger partial charge in [-0.1, -0.05) is 12.8 Å². The van der Waals surface area contributed by atoms with Crippen molar-refractivity contribution in [2.75, 3.05) is 0 Å². The number of aromatic nitrogens is 2. The molecule has 0 N–H and O–H groups in total. The minimum absolute atomic E-state index is 0.903. The molecular formula is C8H10N2. The SMILES string of the molecule is C#Cc1cn(C)nc1CC. The van der Waals surface area contributed by atoms with Gasteiger partial charge in [0, 0.05) is 13.2 Å². The Morgan fingerprint density at radius 3 is 2.90 bits per heavy atom. The van der Waals surface area contributed by atoms with Gasteiger partial charge in [-0.25, -0.2) is 0 Å². The largest absolute Gasteiger partial charge is 0.274 e. The minimum Gasteiger partial charge on any atom is -0.274 e. The Bertz CT molecular complexity index is 265. The normalized spacial score (nSPS) is 9.30. The van der Waals surface area contributed by atoms with Gasteiger partial charge < -0.3 is 0 Å². The molecule has 1 aromatic heterocycles. The monoisotopic (exact) mass is 134 g/mol. The van der Waals surface area contributed by atoms with Crippen LogP contribution < -0.4 is 0 Å². The summed E-state index contributed by atoms with van der Waals surface area (Å²) >= 11 is 0. The van der Waals surface area contributed by atoms with Gasteiger partial charge in [-0.15, -0.1) is 6.42 Å². The first kappa shape index (κ1) is 6.88. The lowest BCUT2D eigenvalue weighted by Crippen LogP contribution is -1.89. The van der Waals surface area contributed by atoms with Gasteiger partial charge in [-0.3, -0.25) is 4.68 Å². The highest BCUT2D eigenvalue weighted by molar-refractivity contribution is 5.33. The Labute approximate surface area is 60.9 Å². The van der Waals surface area contributed by atoms with Gasteiger partial charge in [0.15, 0.2) is 0 Å². The van der Waals surface area contributed by atoms with Crippen molar-refractivity contribution in [3.63, 3.8) is 0 Å². The summed E-state index contributed by atoms with van der Waals surface area (Å²) in [6.45, 7) is 2.04. The van der Waals surface area contributed by atoms with E-state index < -0.39 is 0 Å². The highest BCUT2D eigenvalue weighted by Crippen LogP contribution is 2.03. The molecule has 0 fully saturated rings. The molecule has 1 heterocycles. The molecule has 2 nitrogen and oxygen atoms in total. The van der Waals surface area contributed by atoms with Crippen molar-refractivity contribution < 1.29 is 0 Å². The van der Waals surface area contributed by atoms with Crippen LogP contribution in [0.1, 0.15) is 18.2 Å². The molecule has 0 saturated heterocycles. The van der Waals surface area contributed by atoms with Crippen LogP contribution in [0.3, 0.4) is 0 Å². The fraction of sp³-hybridized carbons (Fsp3) is 0.375. The van der Waals surface area contributed by atoms with Crippen LogP contribution in [0.25, 0.3) is 0 Å². The average Bonchev–Trinajstić information content (AvgIpc) is 2.30. The zero-order valence-electron chi connectivity index (χ0n) is 6.26. The predicted molar refractivity (Wildman–Crippen MR) is 40.5 cm³/mol. The number of hydrogen-bond acceptors (Lipinski definition) is 1. The summed E-state index contributed by atoms with van der Waals surface area (Å²) in [5.74, 6) is 2.58. The van der Waals surface area contributed by atoms with E-state index in [1.54, 1.807) is 4.68 Å². The van der Waals surface area contributed by atoms with Crippen molar-refractivity contribution >= 4 is 0 Å². The number of nitrogens with zero attached hydrogens (tertiary/aromatic N) is 2. The van der Waals surface area contributed by atoms with E-state index >= 15 is 0 Å². The molecule has 0 unspecified atom stereocenters. The van der Waals surface area contributed by atoms with Gasteiger partial charge in [-0.2, -0.15) is 5.10 Å². The molecule has 10 heavy (non-hydrogen) atoms. The van der Waals surface area contributed by atoms with Crippen LogP contribution in [0.5, 0.6) is 0 Å². The predicted octanol–water partition coefficient (Wildman–Crippen LogP) is 0.964. The van der Waals surface area contributed by atoms with E-state index in [4.69, 9.17) is 6.42 Å². The number of hydrogen-bond donors (Lipinski definition) is 0. The molecule has 0 atom stereocenters. The van der Waals surface area contributed by atoms with Crippen LogP contribution >= 0.6 is 0 Å². The summed E-state index contributed by atoms with van der Waals surface area (Å²) in [4.78, 5) is 0. The molecule has 52 valence electrons. The van der Waals surface area contributed by atoms with Crippen molar-refractivity contribution in [3.05, 3.63) is 17.5 Å². The highest BCUT2D eigenvalue weighted by atomic mass is 15.2. The van der Waals surface area contributed by atoms with E-state index in [0.717, 1.165) is 17.7 Å². The van der Waals surface area contributed by atoms with Gasteiger partial charge in [0.2, 0.25) is 0 Å². The van der Waals surface area contributed by atoms with Crippen molar-refractivity contribution in [3.8, 4) is 12.3 Å². The first-order valence-electron chi connectivity index (χ1n) is 3.27. The summed E-state index contributed by atoms with van der Waals surface area (Å²) in [6.07, 6.45) is 8.00. The zero-order valence-corrected chi connectivity index (χ0v) is 6.26. The van der Waals surface area contributed by atoms with Crippen molar-refractivity contribution in [2.45, 2.75) is 13.3 Å².